The first-order valence-electron chi connectivity index (χ1n) is 4.43. The Morgan fingerprint density at radius 1 is 1.38 bits per heavy atom. The average molecular weight is 220 g/mol. The van der Waals surface area contributed by atoms with Crippen molar-refractivity contribution in [1.29, 1.82) is 0 Å². The molecule has 1 aromatic heterocycles. The Hall–Kier alpha value is -2.44. The highest BCUT2D eigenvalue weighted by Gasteiger charge is 2.18. The van der Waals surface area contributed by atoms with E-state index in [9.17, 15) is 9.59 Å². The van der Waals surface area contributed by atoms with Gasteiger partial charge in [-0.2, -0.15) is 15.4 Å². The van der Waals surface area contributed by atoms with Crippen LogP contribution < -0.4 is 5.73 Å². The topological polar surface area (TPSA) is 122 Å². The number of carbonyl (C=O) groups is 2. The number of nitrogens with one attached hydrogen (secondary N) is 1. The standard InChI is InChI=1S/C9H8N4O3/c10-6(14)3-4-1-2-5-8(12-13-11-5)7(4)9(15)16/h1-2H,3H2,(H2,10,14)(H,15,16)(H,11,12,13). The van der Waals surface area contributed by atoms with Crippen molar-refractivity contribution in [3.05, 3.63) is 23.3 Å². The molecule has 7 heteroatoms. The lowest BCUT2D eigenvalue weighted by Gasteiger charge is -2.03. The predicted molar refractivity (Wildman–Crippen MR) is 53.7 cm³/mol. The van der Waals surface area contributed by atoms with Crippen LogP contribution in [0.2, 0.25) is 0 Å². The van der Waals surface area contributed by atoms with Crippen LogP contribution in [0.25, 0.3) is 11.0 Å². The van der Waals surface area contributed by atoms with Crippen LogP contribution in [0.4, 0.5) is 0 Å². The zero-order valence-electron chi connectivity index (χ0n) is 8.10. The molecule has 0 spiro atoms. The number of aromatic amines is 1. The Balaban J connectivity index is 2.68. The lowest BCUT2D eigenvalue weighted by molar-refractivity contribution is -0.117. The van der Waals surface area contributed by atoms with E-state index < -0.39 is 11.9 Å². The first kappa shape index (κ1) is 10.1. The number of nitrogens with two attached hydrogens (primary N) is 1. The minimum Gasteiger partial charge on any atom is -0.478 e. The van der Waals surface area contributed by atoms with Crippen molar-refractivity contribution in [3.8, 4) is 0 Å². The number of hydrogen-bond acceptors (Lipinski definition) is 4. The SMILES string of the molecule is NC(=O)Cc1ccc2n[nH]nc2c1C(=O)O. The maximum absolute atomic E-state index is 11.1. The van der Waals surface area contributed by atoms with E-state index in [1.54, 1.807) is 6.07 Å². The second-order valence-corrected chi connectivity index (χ2v) is 3.24. The van der Waals surface area contributed by atoms with Gasteiger partial charge < -0.3 is 10.8 Å². The Labute approximate surface area is 89.3 Å². The zero-order valence-corrected chi connectivity index (χ0v) is 8.10. The molecule has 0 aliphatic rings. The van der Waals surface area contributed by atoms with Gasteiger partial charge in [-0.3, -0.25) is 4.79 Å². The molecule has 0 bridgehead atoms. The number of hydrogen-bond donors (Lipinski definition) is 3. The van der Waals surface area contributed by atoms with Crippen LogP contribution in [0.15, 0.2) is 12.1 Å². The summed E-state index contributed by atoms with van der Waals surface area (Å²) in [6.45, 7) is 0. The number of nitrogens with zero attached hydrogens (tertiary/aromatic N) is 2. The first-order chi connectivity index (χ1) is 7.59. The predicted octanol–water partition coefficient (Wildman–Crippen LogP) is -0.316. The van der Waals surface area contributed by atoms with Gasteiger partial charge in [-0.1, -0.05) is 6.07 Å². The van der Waals surface area contributed by atoms with Crippen molar-refractivity contribution in [1.82, 2.24) is 15.4 Å². The summed E-state index contributed by atoms with van der Waals surface area (Å²) in [5.74, 6) is -1.75. The highest BCUT2D eigenvalue weighted by atomic mass is 16.4. The average Bonchev–Trinajstić information content (AvgIpc) is 2.63. The molecule has 0 saturated heterocycles. The Morgan fingerprint density at radius 2 is 2.12 bits per heavy atom. The van der Waals surface area contributed by atoms with Crippen LogP contribution in [0.3, 0.4) is 0 Å². The molecule has 1 amide bonds. The van der Waals surface area contributed by atoms with Gasteiger partial charge in [-0.05, 0) is 11.6 Å². The molecular formula is C9H8N4O3. The number of H-pyrrole nitrogens is 1. The minimum absolute atomic E-state index is 0.0370. The molecule has 0 unspecified atom stereocenters. The number of aromatic carboxylic acids is 1. The van der Waals surface area contributed by atoms with Crippen molar-refractivity contribution < 1.29 is 14.7 Å². The van der Waals surface area contributed by atoms with E-state index >= 15 is 0 Å². The van der Waals surface area contributed by atoms with Gasteiger partial charge in [0.15, 0.2) is 0 Å². The number of aromatic nitrogens is 3. The van der Waals surface area contributed by atoms with E-state index in [0.717, 1.165) is 0 Å². The first-order valence-corrected chi connectivity index (χ1v) is 4.43. The number of rotatable bonds is 3. The van der Waals surface area contributed by atoms with Gasteiger partial charge in [0.2, 0.25) is 5.91 Å². The number of primary amides is 1. The molecule has 1 aromatic carbocycles. The second kappa shape index (κ2) is 3.61. The van der Waals surface area contributed by atoms with Crippen molar-refractivity contribution >= 4 is 22.9 Å². The van der Waals surface area contributed by atoms with E-state index in [2.05, 4.69) is 15.4 Å². The van der Waals surface area contributed by atoms with Crippen molar-refractivity contribution in [2.75, 3.05) is 0 Å². The summed E-state index contributed by atoms with van der Waals surface area (Å²) in [4.78, 5) is 21.9. The monoisotopic (exact) mass is 220 g/mol. The number of carboxylic acids is 1. The largest absolute Gasteiger partial charge is 0.478 e. The van der Waals surface area contributed by atoms with Crippen LogP contribution in [-0.4, -0.2) is 32.4 Å². The van der Waals surface area contributed by atoms with Crippen LogP contribution in [0.1, 0.15) is 15.9 Å². The summed E-state index contributed by atoms with van der Waals surface area (Å²) in [6.07, 6.45) is -0.134. The molecule has 0 atom stereocenters. The molecule has 0 fully saturated rings. The summed E-state index contributed by atoms with van der Waals surface area (Å²) >= 11 is 0. The molecule has 2 rings (SSSR count). The van der Waals surface area contributed by atoms with Crippen LogP contribution >= 0.6 is 0 Å². The maximum atomic E-state index is 11.1. The summed E-state index contributed by atoms with van der Waals surface area (Å²) in [5.41, 5.74) is 6.00. The maximum Gasteiger partial charge on any atom is 0.338 e. The number of carboxylic acid groups (broad SMARTS) is 1. The molecule has 7 nitrogen and oxygen atoms in total. The Kier molecular flexibility index (Phi) is 2.28. The van der Waals surface area contributed by atoms with Gasteiger partial charge in [-0.25, -0.2) is 4.79 Å². The second-order valence-electron chi connectivity index (χ2n) is 3.24. The fourth-order valence-corrected chi connectivity index (χ4v) is 1.53. The van der Waals surface area contributed by atoms with E-state index in [-0.39, 0.29) is 17.5 Å². The molecule has 0 radical (unpaired) electrons. The lowest BCUT2D eigenvalue weighted by atomic mass is 10.0. The van der Waals surface area contributed by atoms with E-state index in [0.29, 0.717) is 11.1 Å². The molecule has 0 aliphatic carbocycles. The number of carbonyl (C=O) groups excluding carboxylic acids is 1. The molecule has 1 heterocycles. The number of fused-ring (bicyclic) bond motifs is 1. The van der Waals surface area contributed by atoms with Gasteiger partial charge in [0, 0.05) is 0 Å². The van der Waals surface area contributed by atoms with Crippen LogP contribution in [-0.2, 0) is 11.2 Å². The van der Waals surface area contributed by atoms with Gasteiger partial charge in [-0.15, -0.1) is 0 Å². The molecule has 82 valence electrons. The quantitative estimate of drug-likeness (QED) is 0.654. The van der Waals surface area contributed by atoms with E-state index in [1.807, 2.05) is 0 Å². The summed E-state index contributed by atoms with van der Waals surface area (Å²) < 4.78 is 0. The molecular weight excluding hydrogens is 212 g/mol. The Bertz CT molecular complexity index is 575. The molecule has 4 N–H and O–H groups in total. The van der Waals surface area contributed by atoms with Crippen molar-refractivity contribution in [3.63, 3.8) is 0 Å². The summed E-state index contributed by atoms with van der Waals surface area (Å²) in [7, 11) is 0. The summed E-state index contributed by atoms with van der Waals surface area (Å²) in [5, 5.41) is 18.9. The van der Waals surface area contributed by atoms with Crippen LogP contribution in [0, 0.1) is 0 Å². The highest BCUT2D eigenvalue weighted by molar-refractivity contribution is 6.03. The third kappa shape index (κ3) is 1.58. The normalized spacial score (nSPS) is 10.5. The van der Waals surface area contributed by atoms with Crippen LogP contribution in [0.5, 0.6) is 0 Å². The fraction of sp³-hybridized carbons (Fsp3) is 0.111. The Morgan fingerprint density at radius 3 is 2.75 bits per heavy atom. The van der Waals surface area contributed by atoms with Gasteiger partial charge in [0.25, 0.3) is 0 Å². The smallest absolute Gasteiger partial charge is 0.338 e. The molecule has 2 aromatic rings. The van der Waals surface area contributed by atoms with E-state index in [1.165, 1.54) is 6.07 Å². The van der Waals surface area contributed by atoms with Crippen molar-refractivity contribution in [2.45, 2.75) is 6.42 Å². The highest BCUT2D eigenvalue weighted by Crippen LogP contribution is 2.19. The summed E-state index contributed by atoms with van der Waals surface area (Å²) in [6, 6.07) is 3.10. The fourth-order valence-electron chi connectivity index (χ4n) is 1.53. The van der Waals surface area contributed by atoms with E-state index in [4.69, 9.17) is 10.8 Å². The van der Waals surface area contributed by atoms with Gasteiger partial charge >= 0.3 is 5.97 Å². The lowest BCUT2D eigenvalue weighted by Crippen LogP contribution is -2.16. The number of amides is 1. The number of benzene rings is 1. The molecule has 0 saturated carbocycles. The minimum atomic E-state index is -1.16. The molecule has 0 aliphatic heterocycles. The zero-order chi connectivity index (χ0) is 11.7. The third-order valence-electron chi connectivity index (χ3n) is 2.15. The van der Waals surface area contributed by atoms with Gasteiger partial charge in [0.1, 0.15) is 11.0 Å². The van der Waals surface area contributed by atoms with Crippen molar-refractivity contribution in [2.24, 2.45) is 5.73 Å². The molecule has 16 heavy (non-hydrogen) atoms. The third-order valence-corrected chi connectivity index (χ3v) is 2.15. The van der Waals surface area contributed by atoms with Gasteiger partial charge in [0.05, 0.1) is 12.0 Å².